The second kappa shape index (κ2) is 7.29. The minimum absolute atomic E-state index is 0.0981. The summed E-state index contributed by atoms with van der Waals surface area (Å²) in [5, 5.41) is 3.14. The topological polar surface area (TPSA) is 64.3 Å². The highest BCUT2D eigenvalue weighted by Crippen LogP contribution is 2.19. The number of carbonyl (C=O) groups excluding carboxylic acids is 1. The second-order valence-electron chi connectivity index (χ2n) is 5.36. The minimum atomic E-state index is -0.739. The zero-order chi connectivity index (χ0) is 15.2. The molecule has 20 heavy (non-hydrogen) atoms. The molecule has 4 heteroatoms. The third-order valence-corrected chi connectivity index (χ3v) is 3.48. The number of benzene rings is 1. The molecule has 3 N–H and O–H groups in total. The normalized spacial score (nSPS) is 15.4. The summed E-state index contributed by atoms with van der Waals surface area (Å²) in [5.74, 6) is 0.467. The average Bonchev–Trinajstić information content (AvgIpc) is 2.39. The lowest BCUT2D eigenvalue weighted by molar-refractivity contribution is -0.124. The Balaban J connectivity index is 2.65. The molecule has 4 nitrogen and oxygen atoms in total. The second-order valence-corrected chi connectivity index (χ2v) is 5.36. The Kier molecular flexibility index (Phi) is 6.02. The molecular weight excluding hydrogens is 252 g/mol. The molecule has 0 bridgehead atoms. The van der Waals surface area contributed by atoms with Gasteiger partial charge in [-0.1, -0.05) is 26.0 Å². The number of primary amides is 1. The molecule has 0 saturated heterocycles. The molecule has 0 aliphatic heterocycles. The van der Waals surface area contributed by atoms with Gasteiger partial charge in [0.05, 0.1) is 11.6 Å². The van der Waals surface area contributed by atoms with E-state index in [-0.39, 0.29) is 12.0 Å². The highest BCUT2D eigenvalue weighted by atomic mass is 16.5. The lowest BCUT2D eigenvalue weighted by Crippen LogP contribution is -2.55. The summed E-state index contributed by atoms with van der Waals surface area (Å²) >= 11 is 0. The molecular formula is C16H26N2O2. The van der Waals surface area contributed by atoms with Crippen molar-refractivity contribution in [1.29, 1.82) is 0 Å². The Morgan fingerprint density at radius 3 is 2.40 bits per heavy atom. The van der Waals surface area contributed by atoms with Crippen LogP contribution in [0.3, 0.4) is 0 Å². The van der Waals surface area contributed by atoms with E-state index >= 15 is 0 Å². The smallest absolute Gasteiger partial charge is 0.237 e. The molecule has 2 unspecified atom stereocenters. The number of aryl methyl sites for hydroxylation is 1. The largest absolute Gasteiger partial charge is 0.491 e. The van der Waals surface area contributed by atoms with E-state index in [1.54, 1.807) is 0 Å². The number of nitrogens with one attached hydrogen (secondary N) is 1. The van der Waals surface area contributed by atoms with Gasteiger partial charge in [0.15, 0.2) is 0 Å². The van der Waals surface area contributed by atoms with Crippen molar-refractivity contribution in [2.75, 3.05) is 6.54 Å². The molecule has 1 amide bonds. The lowest BCUT2D eigenvalue weighted by Gasteiger charge is -2.30. The van der Waals surface area contributed by atoms with Gasteiger partial charge in [0.1, 0.15) is 5.75 Å². The van der Waals surface area contributed by atoms with Gasteiger partial charge in [-0.2, -0.15) is 0 Å². The van der Waals surface area contributed by atoms with Crippen LogP contribution >= 0.6 is 0 Å². The van der Waals surface area contributed by atoms with Gasteiger partial charge in [-0.15, -0.1) is 0 Å². The molecule has 1 aromatic rings. The Morgan fingerprint density at radius 1 is 1.35 bits per heavy atom. The van der Waals surface area contributed by atoms with Crippen molar-refractivity contribution in [2.45, 2.75) is 52.2 Å². The summed E-state index contributed by atoms with van der Waals surface area (Å²) in [6, 6.07) is 8.04. The highest BCUT2D eigenvalue weighted by molar-refractivity contribution is 5.84. The van der Waals surface area contributed by atoms with Crippen LogP contribution in [0, 0.1) is 0 Å². The first-order valence-electron chi connectivity index (χ1n) is 7.21. The first-order valence-corrected chi connectivity index (χ1v) is 7.21. The van der Waals surface area contributed by atoms with Gasteiger partial charge in [-0.25, -0.2) is 0 Å². The summed E-state index contributed by atoms with van der Waals surface area (Å²) in [4.78, 5) is 11.6. The fourth-order valence-corrected chi connectivity index (χ4v) is 2.30. The predicted molar refractivity (Wildman–Crippen MR) is 81.8 cm³/mol. The van der Waals surface area contributed by atoms with Crippen LogP contribution in [0.4, 0.5) is 0 Å². The summed E-state index contributed by atoms with van der Waals surface area (Å²) in [5.41, 5.74) is 6.02. The van der Waals surface area contributed by atoms with Gasteiger partial charge >= 0.3 is 0 Å². The molecule has 0 radical (unpaired) electrons. The zero-order valence-corrected chi connectivity index (χ0v) is 12.9. The van der Waals surface area contributed by atoms with Crippen LogP contribution in [0.25, 0.3) is 0 Å². The molecule has 0 fully saturated rings. The van der Waals surface area contributed by atoms with E-state index < -0.39 is 5.54 Å². The number of rotatable bonds is 8. The number of carbonyl (C=O) groups is 1. The first-order chi connectivity index (χ1) is 9.41. The summed E-state index contributed by atoms with van der Waals surface area (Å²) in [7, 11) is 0. The Morgan fingerprint density at radius 2 is 1.95 bits per heavy atom. The number of ether oxygens (including phenoxy) is 1. The van der Waals surface area contributed by atoms with Crippen molar-refractivity contribution >= 4 is 5.91 Å². The van der Waals surface area contributed by atoms with E-state index in [9.17, 15) is 4.79 Å². The first kappa shape index (κ1) is 16.5. The molecule has 0 spiro atoms. The van der Waals surface area contributed by atoms with Crippen LogP contribution in [0.5, 0.6) is 5.75 Å². The van der Waals surface area contributed by atoms with Gasteiger partial charge in [0, 0.05) is 6.42 Å². The fraction of sp³-hybridized carbons (Fsp3) is 0.562. The monoisotopic (exact) mass is 278 g/mol. The van der Waals surface area contributed by atoms with Gasteiger partial charge in [-0.05, 0) is 44.5 Å². The maximum atomic E-state index is 11.6. The van der Waals surface area contributed by atoms with Crippen molar-refractivity contribution in [1.82, 2.24) is 5.32 Å². The third kappa shape index (κ3) is 4.53. The molecule has 0 aromatic heterocycles. The zero-order valence-electron chi connectivity index (χ0n) is 12.9. The number of nitrogens with two attached hydrogens (primary N) is 1. The van der Waals surface area contributed by atoms with Crippen molar-refractivity contribution < 1.29 is 9.53 Å². The van der Waals surface area contributed by atoms with Crippen molar-refractivity contribution in [3.63, 3.8) is 0 Å². The van der Waals surface area contributed by atoms with E-state index in [4.69, 9.17) is 10.5 Å². The minimum Gasteiger partial charge on any atom is -0.491 e. The molecule has 2 atom stereocenters. The number of likely N-dealkylation sites (N-methyl/N-ethyl adjacent to an activating group) is 1. The summed E-state index contributed by atoms with van der Waals surface area (Å²) < 4.78 is 5.86. The number of amides is 1. The van der Waals surface area contributed by atoms with Gasteiger partial charge < -0.3 is 15.8 Å². The van der Waals surface area contributed by atoms with Crippen LogP contribution < -0.4 is 15.8 Å². The SMILES string of the molecule is CCNC(C)(CC(C)Oc1ccc(CC)cc1)C(N)=O. The fourth-order valence-electron chi connectivity index (χ4n) is 2.30. The molecule has 0 aliphatic rings. The van der Waals surface area contributed by atoms with Crippen LogP contribution in [0.1, 0.15) is 39.7 Å². The van der Waals surface area contributed by atoms with Crippen molar-refractivity contribution in [3.8, 4) is 5.75 Å². The maximum Gasteiger partial charge on any atom is 0.237 e. The Bertz CT molecular complexity index is 431. The Hall–Kier alpha value is -1.55. The van der Waals surface area contributed by atoms with Gasteiger partial charge in [0.25, 0.3) is 0 Å². The summed E-state index contributed by atoms with van der Waals surface area (Å²) in [6.07, 6.45) is 1.45. The third-order valence-electron chi connectivity index (χ3n) is 3.48. The van der Waals surface area contributed by atoms with Crippen LogP contribution in [-0.2, 0) is 11.2 Å². The molecule has 112 valence electrons. The average molecular weight is 278 g/mol. The molecule has 0 heterocycles. The van der Waals surface area contributed by atoms with Crippen LogP contribution in [0.2, 0.25) is 0 Å². The Labute approximate surface area is 121 Å². The number of hydrogen-bond donors (Lipinski definition) is 2. The van der Waals surface area contributed by atoms with Crippen molar-refractivity contribution in [3.05, 3.63) is 29.8 Å². The maximum absolute atomic E-state index is 11.6. The van der Waals surface area contributed by atoms with E-state index in [1.165, 1.54) is 5.56 Å². The highest BCUT2D eigenvalue weighted by Gasteiger charge is 2.32. The molecule has 1 aromatic carbocycles. The standard InChI is InChI=1S/C16H26N2O2/c1-5-13-7-9-14(10-8-13)20-12(3)11-16(4,15(17)19)18-6-2/h7-10,12,18H,5-6,11H2,1-4H3,(H2,17,19). The van der Waals surface area contributed by atoms with Gasteiger partial charge in [-0.3, -0.25) is 4.79 Å². The van der Waals surface area contributed by atoms with Gasteiger partial charge in [0.2, 0.25) is 5.91 Å². The van der Waals surface area contributed by atoms with Crippen LogP contribution in [-0.4, -0.2) is 24.1 Å². The van der Waals surface area contributed by atoms with E-state index in [0.29, 0.717) is 13.0 Å². The number of hydrogen-bond acceptors (Lipinski definition) is 3. The molecule has 0 aliphatic carbocycles. The van der Waals surface area contributed by atoms with Crippen LogP contribution in [0.15, 0.2) is 24.3 Å². The van der Waals surface area contributed by atoms with E-state index in [1.807, 2.05) is 32.9 Å². The lowest BCUT2D eigenvalue weighted by atomic mass is 9.94. The quantitative estimate of drug-likeness (QED) is 0.766. The predicted octanol–water partition coefficient (Wildman–Crippen LogP) is 2.26. The summed E-state index contributed by atoms with van der Waals surface area (Å²) in [6.45, 7) is 8.53. The van der Waals surface area contributed by atoms with E-state index in [0.717, 1.165) is 12.2 Å². The van der Waals surface area contributed by atoms with E-state index in [2.05, 4.69) is 24.4 Å². The van der Waals surface area contributed by atoms with Crippen molar-refractivity contribution in [2.24, 2.45) is 5.73 Å². The molecule has 1 rings (SSSR count). The molecule has 0 saturated carbocycles.